The Kier molecular flexibility index (Phi) is 6.53. The number of carbonyl (C=O) groups excluding carboxylic acids is 1. The maximum atomic E-state index is 12.5. The largest absolute Gasteiger partial charge is 0.436 e. The monoisotopic (exact) mass is 463 g/mol. The summed E-state index contributed by atoms with van der Waals surface area (Å²) in [6, 6.07) is 18.8. The van der Waals surface area contributed by atoms with Crippen LogP contribution in [0.1, 0.15) is 35.3 Å². The zero-order valence-corrected chi connectivity index (χ0v) is 19.3. The van der Waals surface area contributed by atoms with Crippen LogP contribution in [-0.2, 0) is 12.8 Å². The van der Waals surface area contributed by atoms with E-state index in [0.29, 0.717) is 22.2 Å². The SMILES string of the molecule is CCc1ccc(C(=O)NC(=S)Nc2cc(-c3nc4cc(CC)ccc4o3)ccc2Cl)cc1. The Balaban J connectivity index is 1.51. The first-order valence-electron chi connectivity index (χ1n) is 10.4. The molecule has 1 amide bonds. The van der Waals surface area contributed by atoms with E-state index in [-0.39, 0.29) is 11.0 Å². The predicted molar refractivity (Wildman–Crippen MR) is 133 cm³/mol. The average Bonchev–Trinajstić information content (AvgIpc) is 3.23. The van der Waals surface area contributed by atoms with Gasteiger partial charge in [-0.3, -0.25) is 10.1 Å². The number of aryl methyl sites for hydroxylation is 2. The molecule has 32 heavy (non-hydrogen) atoms. The zero-order valence-electron chi connectivity index (χ0n) is 17.7. The minimum atomic E-state index is -0.289. The number of rotatable bonds is 5. The lowest BCUT2D eigenvalue weighted by atomic mass is 10.1. The molecule has 0 aliphatic rings. The molecule has 3 aromatic carbocycles. The van der Waals surface area contributed by atoms with Gasteiger partial charge in [0.2, 0.25) is 5.89 Å². The van der Waals surface area contributed by atoms with E-state index in [0.717, 1.165) is 35.1 Å². The van der Waals surface area contributed by atoms with Crippen molar-refractivity contribution in [1.82, 2.24) is 10.3 Å². The van der Waals surface area contributed by atoms with Crippen molar-refractivity contribution in [2.24, 2.45) is 0 Å². The van der Waals surface area contributed by atoms with Crippen LogP contribution in [0.3, 0.4) is 0 Å². The highest BCUT2D eigenvalue weighted by atomic mass is 35.5. The summed E-state index contributed by atoms with van der Waals surface area (Å²) in [5, 5.41) is 6.29. The topological polar surface area (TPSA) is 67.2 Å². The zero-order chi connectivity index (χ0) is 22.7. The number of nitrogens with one attached hydrogen (secondary N) is 2. The number of amides is 1. The van der Waals surface area contributed by atoms with Crippen LogP contribution in [0.25, 0.3) is 22.6 Å². The number of thiocarbonyl (C=S) groups is 1. The van der Waals surface area contributed by atoms with Gasteiger partial charge in [0.05, 0.1) is 10.7 Å². The molecule has 0 aliphatic heterocycles. The van der Waals surface area contributed by atoms with E-state index in [1.54, 1.807) is 24.3 Å². The number of anilines is 1. The van der Waals surface area contributed by atoms with Gasteiger partial charge in [-0.2, -0.15) is 0 Å². The lowest BCUT2D eigenvalue weighted by Gasteiger charge is -2.12. The Hall–Kier alpha value is -3.22. The molecule has 0 atom stereocenters. The molecule has 0 unspecified atom stereocenters. The molecule has 162 valence electrons. The predicted octanol–water partition coefficient (Wildman–Crippen LogP) is 6.40. The van der Waals surface area contributed by atoms with Gasteiger partial charge >= 0.3 is 0 Å². The molecule has 2 N–H and O–H groups in total. The number of nitrogens with zero attached hydrogens (tertiary/aromatic N) is 1. The van der Waals surface area contributed by atoms with Gasteiger partial charge < -0.3 is 9.73 Å². The van der Waals surface area contributed by atoms with Crippen molar-refractivity contribution in [1.29, 1.82) is 0 Å². The number of carbonyl (C=O) groups is 1. The molecule has 5 nitrogen and oxygen atoms in total. The summed E-state index contributed by atoms with van der Waals surface area (Å²) in [7, 11) is 0. The maximum Gasteiger partial charge on any atom is 0.257 e. The summed E-state index contributed by atoms with van der Waals surface area (Å²) < 4.78 is 5.91. The summed E-state index contributed by atoms with van der Waals surface area (Å²) in [6.07, 6.45) is 1.84. The van der Waals surface area contributed by atoms with E-state index in [2.05, 4.69) is 29.5 Å². The molecule has 0 aliphatic carbocycles. The lowest BCUT2D eigenvalue weighted by molar-refractivity contribution is 0.0977. The smallest absolute Gasteiger partial charge is 0.257 e. The Bertz CT molecular complexity index is 1300. The highest BCUT2D eigenvalue weighted by Gasteiger charge is 2.13. The van der Waals surface area contributed by atoms with Crippen LogP contribution in [0.2, 0.25) is 5.02 Å². The third-order valence-corrected chi connectivity index (χ3v) is 5.71. The number of hydrogen-bond acceptors (Lipinski definition) is 4. The van der Waals surface area contributed by atoms with Crippen LogP contribution < -0.4 is 10.6 Å². The summed E-state index contributed by atoms with van der Waals surface area (Å²) >= 11 is 11.7. The minimum Gasteiger partial charge on any atom is -0.436 e. The summed E-state index contributed by atoms with van der Waals surface area (Å²) in [4.78, 5) is 17.1. The van der Waals surface area contributed by atoms with E-state index in [1.165, 1.54) is 5.56 Å². The molecule has 1 aromatic heterocycles. The fraction of sp³-hybridized carbons (Fsp3) is 0.160. The second kappa shape index (κ2) is 9.51. The highest BCUT2D eigenvalue weighted by molar-refractivity contribution is 7.80. The molecule has 0 fully saturated rings. The Morgan fingerprint density at radius 1 is 1.00 bits per heavy atom. The van der Waals surface area contributed by atoms with Gasteiger partial charge in [0, 0.05) is 11.1 Å². The second-order valence-electron chi connectivity index (χ2n) is 7.33. The number of hydrogen-bond donors (Lipinski definition) is 2. The first kappa shape index (κ1) is 22.0. The molecule has 4 aromatic rings. The summed E-state index contributed by atoms with van der Waals surface area (Å²) in [5.74, 6) is 0.196. The minimum absolute atomic E-state index is 0.152. The molecule has 4 rings (SSSR count). The average molecular weight is 464 g/mol. The van der Waals surface area contributed by atoms with Gasteiger partial charge in [0.1, 0.15) is 5.52 Å². The molecule has 1 heterocycles. The fourth-order valence-electron chi connectivity index (χ4n) is 3.29. The Morgan fingerprint density at radius 3 is 2.44 bits per heavy atom. The molecule has 7 heteroatoms. The molecular formula is C25H22ClN3O2S. The van der Waals surface area contributed by atoms with Crippen LogP contribution in [0, 0.1) is 0 Å². The van der Waals surface area contributed by atoms with Crippen LogP contribution in [0.5, 0.6) is 0 Å². The van der Waals surface area contributed by atoms with Crippen LogP contribution in [0.4, 0.5) is 5.69 Å². The van der Waals surface area contributed by atoms with Gasteiger partial charge in [0.15, 0.2) is 10.7 Å². The van der Waals surface area contributed by atoms with Crippen molar-refractivity contribution >= 4 is 51.6 Å². The van der Waals surface area contributed by atoms with Gasteiger partial charge in [-0.1, -0.05) is 43.6 Å². The first-order chi connectivity index (χ1) is 15.5. The van der Waals surface area contributed by atoms with Gasteiger partial charge in [-0.05, 0) is 78.7 Å². The third kappa shape index (κ3) is 4.82. The van der Waals surface area contributed by atoms with E-state index in [9.17, 15) is 4.79 Å². The number of benzene rings is 3. The van der Waals surface area contributed by atoms with Crippen LogP contribution >= 0.6 is 23.8 Å². The fourth-order valence-corrected chi connectivity index (χ4v) is 3.66. The Morgan fingerprint density at radius 2 is 1.72 bits per heavy atom. The van der Waals surface area contributed by atoms with Crippen LogP contribution in [0.15, 0.2) is 65.1 Å². The summed E-state index contributed by atoms with van der Waals surface area (Å²) in [6.45, 7) is 4.16. The number of fused-ring (bicyclic) bond motifs is 1. The number of halogens is 1. The number of aromatic nitrogens is 1. The normalized spacial score (nSPS) is 10.8. The lowest BCUT2D eigenvalue weighted by Crippen LogP contribution is -2.34. The van der Waals surface area contributed by atoms with E-state index in [1.807, 2.05) is 36.4 Å². The molecule has 0 bridgehead atoms. The number of oxazole rings is 1. The molecule has 0 saturated carbocycles. The molecule has 0 spiro atoms. The van der Waals surface area contributed by atoms with Crippen molar-refractivity contribution in [2.45, 2.75) is 26.7 Å². The van der Waals surface area contributed by atoms with Crippen molar-refractivity contribution in [3.63, 3.8) is 0 Å². The van der Waals surface area contributed by atoms with Crippen LogP contribution in [-0.4, -0.2) is 16.0 Å². The Labute approximate surface area is 196 Å². The molecule has 0 saturated heterocycles. The second-order valence-corrected chi connectivity index (χ2v) is 8.14. The standard InChI is InChI=1S/C25H22ClN3O2S/c1-3-15-5-8-17(9-6-15)23(30)29-25(32)28-20-14-18(10-11-19(20)26)24-27-21-13-16(4-2)7-12-22(21)31-24/h5-14H,3-4H2,1-2H3,(H2,28,29,30,32). The molecular weight excluding hydrogens is 442 g/mol. The van der Waals surface area contributed by atoms with Crippen molar-refractivity contribution in [2.75, 3.05) is 5.32 Å². The van der Waals surface area contributed by atoms with Gasteiger partial charge in [-0.25, -0.2) is 4.98 Å². The van der Waals surface area contributed by atoms with E-state index in [4.69, 9.17) is 28.2 Å². The molecule has 0 radical (unpaired) electrons. The summed E-state index contributed by atoms with van der Waals surface area (Å²) in [5.41, 5.74) is 5.71. The van der Waals surface area contributed by atoms with Gasteiger partial charge in [-0.15, -0.1) is 0 Å². The first-order valence-corrected chi connectivity index (χ1v) is 11.2. The van der Waals surface area contributed by atoms with E-state index < -0.39 is 0 Å². The van der Waals surface area contributed by atoms with Crippen molar-refractivity contribution in [3.8, 4) is 11.5 Å². The highest BCUT2D eigenvalue weighted by Crippen LogP contribution is 2.30. The van der Waals surface area contributed by atoms with Crippen molar-refractivity contribution in [3.05, 3.63) is 82.4 Å². The third-order valence-electron chi connectivity index (χ3n) is 5.17. The maximum absolute atomic E-state index is 12.5. The van der Waals surface area contributed by atoms with E-state index >= 15 is 0 Å². The van der Waals surface area contributed by atoms with Gasteiger partial charge in [0.25, 0.3) is 5.91 Å². The van der Waals surface area contributed by atoms with Crippen molar-refractivity contribution < 1.29 is 9.21 Å². The quantitative estimate of drug-likeness (QED) is 0.335.